The van der Waals surface area contributed by atoms with Crippen molar-refractivity contribution >= 4 is 17.4 Å². The summed E-state index contributed by atoms with van der Waals surface area (Å²) in [4.78, 5) is 16.9. The van der Waals surface area contributed by atoms with E-state index < -0.39 is 17.5 Å². The normalized spacial score (nSPS) is 10.9. The van der Waals surface area contributed by atoms with Crippen LogP contribution in [0.2, 0.25) is 0 Å². The first-order valence-electron chi connectivity index (χ1n) is 8.89. The number of anilines is 2. The highest BCUT2D eigenvalue weighted by Gasteiger charge is 2.21. The Morgan fingerprint density at radius 2 is 1.97 bits per heavy atom. The van der Waals surface area contributed by atoms with Gasteiger partial charge in [-0.15, -0.1) is 5.10 Å². The Balaban J connectivity index is 1.54. The van der Waals surface area contributed by atoms with Crippen LogP contribution in [-0.2, 0) is 6.54 Å². The lowest BCUT2D eigenvalue weighted by Crippen LogP contribution is -2.16. The standard InChI is InChI=1S/C20H16F2N6O2/c1-11-16(25-20(30-11)12-5-3-2-4-6-12)10-28-18(23)17(26-27-28)19(29)24-15-8-7-13(21)9-14(15)22/h2-9H,10,23H2,1H3,(H,24,29). The molecule has 0 saturated carbocycles. The molecule has 0 radical (unpaired) electrons. The molecule has 0 aliphatic carbocycles. The summed E-state index contributed by atoms with van der Waals surface area (Å²) < 4.78 is 33.8. The zero-order valence-corrected chi connectivity index (χ0v) is 15.8. The third kappa shape index (κ3) is 3.75. The van der Waals surface area contributed by atoms with Crippen LogP contribution in [0.4, 0.5) is 20.3 Å². The molecule has 4 aromatic rings. The van der Waals surface area contributed by atoms with Crippen LogP contribution in [0.5, 0.6) is 0 Å². The average Bonchev–Trinajstić information content (AvgIpc) is 3.28. The summed E-state index contributed by atoms with van der Waals surface area (Å²) in [7, 11) is 0. The lowest BCUT2D eigenvalue weighted by molar-refractivity contribution is 0.102. The largest absolute Gasteiger partial charge is 0.441 e. The number of benzene rings is 2. The molecule has 8 nitrogen and oxygen atoms in total. The summed E-state index contributed by atoms with van der Waals surface area (Å²) in [5, 5.41) is 9.95. The lowest BCUT2D eigenvalue weighted by Gasteiger charge is -2.05. The Hall–Kier alpha value is -4.08. The zero-order valence-electron chi connectivity index (χ0n) is 15.8. The van der Waals surface area contributed by atoms with Crippen LogP contribution >= 0.6 is 0 Å². The van der Waals surface area contributed by atoms with E-state index in [-0.39, 0.29) is 23.7 Å². The van der Waals surface area contributed by atoms with Gasteiger partial charge in [0.05, 0.1) is 12.2 Å². The number of nitrogens with one attached hydrogen (secondary N) is 1. The molecule has 0 fully saturated rings. The van der Waals surface area contributed by atoms with E-state index in [0.29, 0.717) is 23.4 Å². The van der Waals surface area contributed by atoms with Gasteiger partial charge in [-0.05, 0) is 31.2 Å². The first-order valence-corrected chi connectivity index (χ1v) is 8.89. The maximum absolute atomic E-state index is 13.8. The van der Waals surface area contributed by atoms with Gasteiger partial charge in [0.2, 0.25) is 5.89 Å². The summed E-state index contributed by atoms with van der Waals surface area (Å²) >= 11 is 0. The topological polar surface area (TPSA) is 112 Å². The van der Waals surface area contributed by atoms with Gasteiger partial charge in [0.1, 0.15) is 23.1 Å². The van der Waals surface area contributed by atoms with Gasteiger partial charge in [-0.2, -0.15) is 0 Å². The van der Waals surface area contributed by atoms with Gasteiger partial charge in [0.15, 0.2) is 11.5 Å². The Kier molecular flexibility index (Phi) is 4.97. The average molecular weight is 410 g/mol. The van der Waals surface area contributed by atoms with Crippen molar-refractivity contribution in [3.05, 3.63) is 77.3 Å². The fourth-order valence-corrected chi connectivity index (χ4v) is 2.79. The van der Waals surface area contributed by atoms with Crippen LogP contribution in [0.25, 0.3) is 11.5 Å². The Morgan fingerprint density at radius 3 is 2.70 bits per heavy atom. The van der Waals surface area contributed by atoms with Crippen LogP contribution in [0.3, 0.4) is 0 Å². The summed E-state index contributed by atoms with van der Waals surface area (Å²) in [6.07, 6.45) is 0. The molecule has 0 aliphatic rings. The third-order valence-corrected chi connectivity index (χ3v) is 4.38. The minimum atomic E-state index is -0.916. The fourth-order valence-electron chi connectivity index (χ4n) is 2.79. The molecule has 1 amide bonds. The molecule has 4 rings (SSSR count). The van der Waals surface area contributed by atoms with Gasteiger partial charge in [-0.25, -0.2) is 18.4 Å². The Labute approximate surface area is 169 Å². The van der Waals surface area contributed by atoms with Gasteiger partial charge in [-0.3, -0.25) is 4.79 Å². The second kappa shape index (κ2) is 7.74. The van der Waals surface area contributed by atoms with Crippen molar-refractivity contribution in [3.8, 4) is 11.5 Å². The van der Waals surface area contributed by atoms with E-state index in [0.717, 1.165) is 17.7 Å². The van der Waals surface area contributed by atoms with E-state index >= 15 is 0 Å². The molecule has 0 atom stereocenters. The van der Waals surface area contributed by atoms with Crippen molar-refractivity contribution in [1.82, 2.24) is 20.0 Å². The van der Waals surface area contributed by atoms with Gasteiger partial charge in [-0.1, -0.05) is 23.4 Å². The van der Waals surface area contributed by atoms with Crippen molar-refractivity contribution < 1.29 is 18.0 Å². The molecule has 0 unspecified atom stereocenters. The number of aryl methyl sites for hydroxylation is 1. The molecule has 0 saturated heterocycles. The molecule has 2 heterocycles. The third-order valence-electron chi connectivity index (χ3n) is 4.38. The number of oxazole rings is 1. The highest BCUT2D eigenvalue weighted by atomic mass is 19.1. The second-order valence-corrected chi connectivity index (χ2v) is 6.45. The van der Waals surface area contributed by atoms with E-state index in [1.807, 2.05) is 30.3 Å². The van der Waals surface area contributed by atoms with Crippen LogP contribution < -0.4 is 11.1 Å². The molecule has 10 heteroatoms. The molecule has 0 aliphatic heterocycles. The molecule has 2 aromatic heterocycles. The summed E-state index contributed by atoms with van der Waals surface area (Å²) in [6, 6.07) is 12.2. The highest BCUT2D eigenvalue weighted by Crippen LogP contribution is 2.23. The zero-order chi connectivity index (χ0) is 21.3. The van der Waals surface area contributed by atoms with Crippen molar-refractivity contribution in [1.29, 1.82) is 0 Å². The number of nitrogens with two attached hydrogens (primary N) is 1. The van der Waals surface area contributed by atoms with Crippen molar-refractivity contribution in [2.45, 2.75) is 13.5 Å². The maximum atomic E-state index is 13.8. The number of nitrogen functional groups attached to an aromatic ring is 1. The van der Waals surface area contributed by atoms with Crippen molar-refractivity contribution in [2.24, 2.45) is 0 Å². The number of hydrogen-bond donors (Lipinski definition) is 2. The molecule has 30 heavy (non-hydrogen) atoms. The Morgan fingerprint density at radius 1 is 1.20 bits per heavy atom. The van der Waals surface area contributed by atoms with E-state index in [9.17, 15) is 13.6 Å². The van der Waals surface area contributed by atoms with Gasteiger partial charge >= 0.3 is 0 Å². The van der Waals surface area contributed by atoms with E-state index in [2.05, 4.69) is 20.6 Å². The smallest absolute Gasteiger partial charge is 0.280 e. The summed E-state index contributed by atoms with van der Waals surface area (Å²) in [5.41, 5.74) is 7.00. The highest BCUT2D eigenvalue weighted by molar-refractivity contribution is 6.05. The molecule has 3 N–H and O–H groups in total. The van der Waals surface area contributed by atoms with E-state index in [1.165, 1.54) is 4.68 Å². The van der Waals surface area contributed by atoms with Crippen molar-refractivity contribution in [3.63, 3.8) is 0 Å². The Bertz CT molecular complexity index is 1220. The molecule has 0 spiro atoms. The minimum absolute atomic E-state index is 0.0290. The van der Waals surface area contributed by atoms with Crippen molar-refractivity contribution in [2.75, 3.05) is 11.1 Å². The SMILES string of the molecule is Cc1oc(-c2ccccc2)nc1Cn1nnc(C(=O)Nc2ccc(F)cc2F)c1N. The van der Waals surface area contributed by atoms with Crippen LogP contribution in [0.15, 0.2) is 52.9 Å². The number of carbonyl (C=O) groups is 1. The fraction of sp³-hybridized carbons (Fsp3) is 0.100. The molecule has 0 bridgehead atoms. The molecular formula is C20H16F2N6O2. The monoisotopic (exact) mass is 410 g/mol. The molecule has 152 valence electrons. The number of amides is 1. The summed E-state index contributed by atoms with van der Waals surface area (Å²) in [6.45, 7) is 1.88. The lowest BCUT2D eigenvalue weighted by atomic mass is 10.2. The van der Waals surface area contributed by atoms with Crippen LogP contribution in [0.1, 0.15) is 21.9 Å². The van der Waals surface area contributed by atoms with E-state index in [4.69, 9.17) is 10.2 Å². The van der Waals surface area contributed by atoms with Gasteiger partial charge < -0.3 is 15.5 Å². The predicted octanol–water partition coefficient (Wildman–Crippen LogP) is 3.40. The van der Waals surface area contributed by atoms with Gasteiger partial charge in [0.25, 0.3) is 5.91 Å². The number of hydrogen-bond acceptors (Lipinski definition) is 6. The first kappa shape index (κ1) is 19.2. The predicted molar refractivity (Wildman–Crippen MR) is 105 cm³/mol. The van der Waals surface area contributed by atoms with Crippen LogP contribution in [0, 0.1) is 18.6 Å². The number of rotatable bonds is 5. The number of aromatic nitrogens is 4. The molecular weight excluding hydrogens is 394 g/mol. The number of nitrogens with zero attached hydrogens (tertiary/aromatic N) is 4. The number of halogens is 2. The quantitative estimate of drug-likeness (QED) is 0.522. The molecule has 2 aromatic carbocycles. The summed E-state index contributed by atoms with van der Waals surface area (Å²) in [5.74, 6) is -1.45. The second-order valence-electron chi connectivity index (χ2n) is 6.45. The van der Waals surface area contributed by atoms with Crippen LogP contribution in [-0.4, -0.2) is 25.9 Å². The first-order chi connectivity index (χ1) is 14.4. The van der Waals surface area contributed by atoms with Gasteiger partial charge in [0, 0.05) is 11.6 Å². The van der Waals surface area contributed by atoms with E-state index in [1.54, 1.807) is 6.92 Å². The number of carbonyl (C=O) groups excluding carboxylic acids is 1. The maximum Gasteiger partial charge on any atom is 0.280 e. The minimum Gasteiger partial charge on any atom is -0.441 e.